The van der Waals surface area contributed by atoms with Crippen LogP contribution < -0.4 is 0 Å². The maximum absolute atomic E-state index is 9.52. The molecule has 1 heterocycles. The van der Waals surface area contributed by atoms with E-state index in [9.17, 15) is 5.11 Å². The Labute approximate surface area is 101 Å². The molecule has 2 N–H and O–H groups in total. The van der Waals surface area contributed by atoms with Gasteiger partial charge in [-0.25, -0.2) is 0 Å². The zero-order chi connectivity index (χ0) is 12.2. The van der Waals surface area contributed by atoms with Crippen molar-refractivity contribution in [3.05, 3.63) is 11.6 Å². The number of hydrogen-bond acceptors (Lipinski definition) is 4. The van der Waals surface area contributed by atoms with Crippen LogP contribution in [-0.4, -0.2) is 41.4 Å². The number of hydrogen-bond donors (Lipinski definition) is 2. The van der Waals surface area contributed by atoms with E-state index in [4.69, 9.17) is 14.6 Å². The summed E-state index contributed by atoms with van der Waals surface area (Å²) in [4.78, 5) is 0. The van der Waals surface area contributed by atoms with Gasteiger partial charge in [-0.05, 0) is 26.2 Å². The average Bonchev–Trinajstić information content (AvgIpc) is 2.84. The molecule has 0 aromatic rings. The second kappa shape index (κ2) is 3.79. The predicted octanol–water partition coefficient (Wildman–Crippen LogP) is 0.683. The Morgan fingerprint density at radius 2 is 2.00 bits per heavy atom. The van der Waals surface area contributed by atoms with Crippen LogP contribution in [0.5, 0.6) is 0 Å². The average molecular weight is 240 g/mol. The van der Waals surface area contributed by atoms with Crippen molar-refractivity contribution in [3.63, 3.8) is 0 Å². The fourth-order valence-corrected chi connectivity index (χ4v) is 3.91. The van der Waals surface area contributed by atoms with Crippen molar-refractivity contribution in [2.24, 2.45) is 17.8 Å². The van der Waals surface area contributed by atoms with Crippen molar-refractivity contribution >= 4 is 0 Å². The van der Waals surface area contributed by atoms with Crippen LogP contribution in [0.1, 0.15) is 20.3 Å². The number of rotatable bonds is 2. The molecule has 2 saturated carbocycles. The van der Waals surface area contributed by atoms with E-state index >= 15 is 0 Å². The second-order valence-electron chi connectivity index (χ2n) is 5.75. The number of ether oxygens (including phenoxy) is 2. The zero-order valence-electron chi connectivity index (χ0n) is 10.3. The van der Waals surface area contributed by atoms with Crippen molar-refractivity contribution in [1.29, 1.82) is 0 Å². The molecule has 2 aliphatic carbocycles. The Morgan fingerprint density at radius 1 is 1.29 bits per heavy atom. The fraction of sp³-hybridized carbons (Fsp3) is 0.846. The van der Waals surface area contributed by atoms with Crippen molar-refractivity contribution in [3.8, 4) is 0 Å². The van der Waals surface area contributed by atoms with E-state index in [1.165, 1.54) is 5.57 Å². The van der Waals surface area contributed by atoms with Crippen LogP contribution in [0.25, 0.3) is 0 Å². The Bertz CT molecular complexity index is 349. The highest BCUT2D eigenvalue weighted by Crippen LogP contribution is 2.57. The Balaban J connectivity index is 1.90. The first kappa shape index (κ1) is 11.7. The molecule has 0 amide bonds. The molecule has 96 valence electrons. The molecule has 3 rings (SSSR count). The summed E-state index contributed by atoms with van der Waals surface area (Å²) in [5.41, 5.74) is 1.17. The third-order valence-corrected chi connectivity index (χ3v) is 4.41. The summed E-state index contributed by atoms with van der Waals surface area (Å²) in [6.07, 6.45) is 3.08. The molecule has 0 unspecified atom stereocenters. The standard InChI is InChI=1S/C13H20O4/c1-13(2)16-11-8-5-9(12(11)17-13)10(6-15)7(8)3-4-14/h3,8-12,14-15H,4-6H2,1-2H3/b7-3-/t8-,9+,10-,11-,12+/m0/s1. The minimum absolute atomic E-state index is 0.0384. The van der Waals surface area contributed by atoms with E-state index in [-0.39, 0.29) is 31.3 Å². The Hall–Kier alpha value is -0.420. The minimum atomic E-state index is -0.513. The first-order valence-electron chi connectivity index (χ1n) is 6.34. The predicted molar refractivity (Wildman–Crippen MR) is 61.2 cm³/mol. The van der Waals surface area contributed by atoms with E-state index in [0.29, 0.717) is 11.8 Å². The van der Waals surface area contributed by atoms with Gasteiger partial charge in [0.2, 0.25) is 0 Å². The molecular formula is C13H20O4. The van der Waals surface area contributed by atoms with Crippen LogP contribution in [0.2, 0.25) is 0 Å². The van der Waals surface area contributed by atoms with Gasteiger partial charge in [-0.3, -0.25) is 0 Å². The van der Waals surface area contributed by atoms with Crippen LogP contribution in [0.4, 0.5) is 0 Å². The van der Waals surface area contributed by atoms with E-state index in [0.717, 1.165) is 6.42 Å². The fourth-order valence-electron chi connectivity index (χ4n) is 3.91. The lowest BCUT2D eigenvalue weighted by Crippen LogP contribution is -2.37. The molecule has 0 aromatic carbocycles. The smallest absolute Gasteiger partial charge is 0.163 e. The summed E-state index contributed by atoms with van der Waals surface area (Å²) < 4.78 is 11.9. The van der Waals surface area contributed by atoms with E-state index in [1.807, 2.05) is 19.9 Å². The summed E-state index contributed by atoms with van der Waals surface area (Å²) in [6, 6.07) is 0. The van der Waals surface area contributed by atoms with Gasteiger partial charge in [-0.2, -0.15) is 0 Å². The van der Waals surface area contributed by atoms with Crippen molar-refractivity contribution < 1.29 is 19.7 Å². The van der Waals surface area contributed by atoms with Gasteiger partial charge in [0.15, 0.2) is 5.79 Å². The highest BCUT2D eigenvalue weighted by atomic mass is 16.8. The minimum Gasteiger partial charge on any atom is -0.396 e. The SMILES string of the molecule is CC1(C)O[C@@H]2[C@@H]3C[C@@H](/C(=C/CO)[C@@H]3CO)[C@@H]2O1. The lowest BCUT2D eigenvalue weighted by atomic mass is 9.81. The second-order valence-corrected chi connectivity index (χ2v) is 5.75. The highest BCUT2D eigenvalue weighted by Gasteiger charge is 2.61. The van der Waals surface area contributed by atoms with Gasteiger partial charge in [-0.15, -0.1) is 0 Å². The highest BCUT2D eigenvalue weighted by molar-refractivity contribution is 5.27. The molecule has 0 radical (unpaired) electrons. The van der Waals surface area contributed by atoms with Gasteiger partial charge >= 0.3 is 0 Å². The van der Waals surface area contributed by atoms with Gasteiger partial charge in [0.05, 0.1) is 18.8 Å². The van der Waals surface area contributed by atoms with Crippen molar-refractivity contribution in [2.45, 2.75) is 38.3 Å². The van der Waals surface area contributed by atoms with E-state index < -0.39 is 5.79 Å². The van der Waals surface area contributed by atoms with Gasteiger partial charge in [0, 0.05) is 18.4 Å². The van der Waals surface area contributed by atoms with Crippen LogP contribution in [0, 0.1) is 17.8 Å². The number of aliphatic hydroxyl groups is 2. The van der Waals surface area contributed by atoms with Gasteiger partial charge in [0.1, 0.15) is 0 Å². The lowest BCUT2D eigenvalue weighted by molar-refractivity contribution is -0.157. The molecule has 4 heteroatoms. The largest absolute Gasteiger partial charge is 0.396 e. The molecule has 0 aromatic heterocycles. The first-order valence-corrected chi connectivity index (χ1v) is 6.34. The van der Waals surface area contributed by atoms with Gasteiger partial charge < -0.3 is 19.7 Å². The third kappa shape index (κ3) is 1.58. The first-order chi connectivity index (χ1) is 8.07. The van der Waals surface area contributed by atoms with Crippen LogP contribution in [-0.2, 0) is 9.47 Å². The van der Waals surface area contributed by atoms with Crippen LogP contribution in [0.15, 0.2) is 11.6 Å². The summed E-state index contributed by atoms with van der Waals surface area (Å²) in [6.45, 7) is 4.05. The normalized spacial score (nSPS) is 48.9. The van der Waals surface area contributed by atoms with E-state index in [1.54, 1.807) is 0 Å². The van der Waals surface area contributed by atoms with Crippen LogP contribution in [0.3, 0.4) is 0 Å². The Kier molecular flexibility index (Phi) is 2.60. The monoisotopic (exact) mass is 240 g/mol. The molecular weight excluding hydrogens is 220 g/mol. The molecule has 5 atom stereocenters. The molecule has 17 heavy (non-hydrogen) atoms. The topological polar surface area (TPSA) is 58.9 Å². The maximum Gasteiger partial charge on any atom is 0.163 e. The number of fused-ring (bicyclic) bond motifs is 5. The molecule has 1 saturated heterocycles. The van der Waals surface area contributed by atoms with E-state index in [2.05, 4.69) is 0 Å². The summed E-state index contributed by atoms with van der Waals surface area (Å²) in [5, 5.41) is 18.6. The molecule has 1 aliphatic heterocycles. The van der Waals surface area contributed by atoms with Crippen molar-refractivity contribution in [2.75, 3.05) is 13.2 Å². The molecule has 3 fully saturated rings. The quantitative estimate of drug-likeness (QED) is 0.697. The number of aliphatic hydroxyl groups excluding tert-OH is 2. The molecule has 3 aliphatic rings. The zero-order valence-corrected chi connectivity index (χ0v) is 10.3. The molecule has 2 bridgehead atoms. The van der Waals surface area contributed by atoms with Crippen LogP contribution >= 0.6 is 0 Å². The molecule has 0 spiro atoms. The summed E-state index contributed by atoms with van der Waals surface area (Å²) in [5.74, 6) is 0.289. The lowest BCUT2D eigenvalue weighted by Gasteiger charge is -2.30. The molecule has 4 nitrogen and oxygen atoms in total. The summed E-state index contributed by atoms with van der Waals surface area (Å²) >= 11 is 0. The Morgan fingerprint density at radius 3 is 2.65 bits per heavy atom. The van der Waals surface area contributed by atoms with Crippen molar-refractivity contribution in [1.82, 2.24) is 0 Å². The van der Waals surface area contributed by atoms with Gasteiger partial charge in [-0.1, -0.05) is 11.6 Å². The third-order valence-electron chi connectivity index (χ3n) is 4.41. The maximum atomic E-state index is 9.52. The van der Waals surface area contributed by atoms with Gasteiger partial charge in [0.25, 0.3) is 0 Å². The summed E-state index contributed by atoms with van der Waals surface area (Å²) in [7, 11) is 0.